The van der Waals surface area contributed by atoms with E-state index in [1.807, 2.05) is 0 Å². The van der Waals surface area contributed by atoms with E-state index < -0.39 is 10.0 Å². The van der Waals surface area contributed by atoms with Crippen LogP contribution in [0.3, 0.4) is 0 Å². The topological polar surface area (TPSA) is 127 Å². The number of nitrogens with zero attached hydrogens (tertiary/aromatic N) is 1. The Morgan fingerprint density at radius 3 is 2.65 bits per heavy atom. The zero-order chi connectivity index (χ0) is 18.7. The first-order valence-corrected chi connectivity index (χ1v) is 10.0. The van der Waals surface area contributed by atoms with Crippen molar-refractivity contribution in [2.24, 2.45) is 5.14 Å². The van der Waals surface area contributed by atoms with E-state index in [1.165, 1.54) is 25.7 Å². The summed E-state index contributed by atoms with van der Waals surface area (Å²) in [5.74, 6) is -0.0575. The number of methoxy groups -OCH3 is 1. The molecule has 2 aromatic rings. The maximum atomic E-state index is 12.4. The van der Waals surface area contributed by atoms with E-state index in [4.69, 9.17) is 9.88 Å². The van der Waals surface area contributed by atoms with Crippen LogP contribution in [0.15, 0.2) is 29.2 Å². The zero-order valence-electron chi connectivity index (χ0n) is 14.5. The van der Waals surface area contributed by atoms with Crippen molar-refractivity contribution >= 4 is 15.9 Å². The van der Waals surface area contributed by atoms with Crippen molar-refractivity contribution in [1.82, 2.24) is 15.5 Å². The average molecular weight is 378 g/mol. The van der Waals surface area contributed by atoms with E-state index >= 15 is 0 Å². The van der Waals surface area contributed by atoms with Gasteiger partial charge in [0.25, 0.3) is 5.91 Å². The van der Waals surface area contributed by atoms with Gasteiger partial charge in [-0.3, -0.25) is 9.89 Å². The molecule has 0 atom stereocenters. The summed E-state index contributed by atoms with van der Waals surface area (Å²) < 4.78 is 28.5. The molecule has 1 aromatic heterocycles. The van der Waals surface area contributed by atoms with Gasteiger partial charge in [-0.15, -0.1) is 0 Å². The predicted molar refractivity (Wildman–Crippen MR) is 96.3 cm³/mol. The molecule has 4 N–H and O–H groups in total. The number of carbonyl (C=O) groups excluding carboxylic acids is 1. The summed E-state index contributed by atoms with van der Waals surface area (Å²) in [6.07, 6.45) is 5.44. The molecule has 0 unspecified atom stereocenters. The minimum Gasteiger partial charge on any atom is -0.495 e. The monoisotopic (exact) mass is 378 g/mol. The third kappa shape index (κ3) is 4.05. The molecule has 1 saturated carbocycles. The van der Waals surface area contributed by atoms with Gasteiger partial charge in [-0.25, -0.2) is 13.6 Å². The second-order valence-electron chi connectivity index (χ2n) is 6.39. The summed E-state index contributed by atoms with van der Waals surface area (Å²) in [5.41, 5.74) is 1.30. The zero-order valence-corrected chi connectivity index (χ0v) is 15.3. The largest absolute Gasteiger partial charge is 0.495 e. The number of benzene rings is 1. The van der Waals surface area contributed by atoms with Crippen molar-refractivity contribution in [1.29, 1.82) is 0 Å². The fourth-order valence-corrected chi connectivity index (χ4v) is 3.88. The van der Waals surface area contributed by atoms with Gasteiger partial charge in [-0.2, -0.15) is 5.10 Å². The van der Waals surface area contributed by atoms with Crippen LogP contribution in [0, 0.1) is 0 Å². The number of sulfonamides is 1. The summed E-state index contributed by atoms with van der Waals surface area (Å²) >= 11 is 0. The van der Waals surface area contributed by atoms with Crippen LogP contribution >= 0.6 is 0 Å². The molecule has 0 aliphatic heterocycles. The van der Waals surface area contributed by atoms with E-state index in [-0.39, 0.29) is 22.6 Å². The highest BCUT2D eigenvalue weighted by Crippen LogP contribution is 2.28. The van der Waals surface area contributed by atoms with E-state index in [9.17, 15) is 13.2 Å². The lowest BCUT2D eigenvalue weighted by Crippen LogP contribution is -2.36. The van der Waals surface area contributed by atoms with Crippen molar-refractivity contribution in [3.8, 4) is 17.0 Å². The number of rotatable bonds is 5. The molecule has 1 fully saturated rings. The Morgan fingerprint density at radius 2 is 2.00 bits per heavy atom. The number of nitrogens with two attached hydrogens (primary N) is 1. The van der Waals surface area contributed by atoms with Crippen LogP contribution in [-0.4, -0.2) is 37.7 Å². The first-order chi connectivity index (χ1) is 12.4. The van der Waals surface area contributed by atoms with Gasteiger partial charge in [0.15, 0.2) is 0 Å². The lowest BCUT2D eigenvalue weighted by molar-refractivity contribution is 0.0922. The number of hydrogen-bond acceptors (Lipinski definition) is 5. The quantitative estimate of drug-likeness (QED) is 0.731. The molecule has 9 heteroatoms. The molecule has 1 aliphatic rings. The average Bonchev–Trinajstić information content (AvgIpc) is 3.11. The number of ether oxygens (including phenoxy) is 1. The maximum absolute atomic E-state index is 12.4. The van der Waals surface area contributed by atoms with E-state index in [0.29, 0.717) is 17.0 Å². The number of carbonyl (C=O) groups is 1. The van der Waals surface area contributed by atoms with Crippen LogP contribution in [0.5, 0.6) is 5.75 Å². The summed E-state index contributed by atoms with van der Waals surface area (Å²) in [4.78, 5) is 12.2. The van der Waals surface area contributed by atoms with Crippen LogP contribution in [0.1, 0.15) is 42.6 Å². The lowest BCUT2D eigenvalue weighted by atomic mass is 9.95. The van der Waals surface area contributed by atoms with Gasteiger partial charge in [0, 0.05) is 11.6 Å². The Kier molecular flexibility index (Phi) is 5.28. The van der Waals surface area contributed by atoms with Crippen molar-refractivity contribution in [2.45, 2.75) is 43.0 Å². The third-order valence-electron chi connectivity index (χ3n) is 4.53. The van der Waals surface area contributed by atoms with Gasteiger partial charge >= 0.3 is 0 Å². The highest BCUT2D eigenvalue weighted by Gasteiger charge is 2.20. The van der Waals surface area contributed by atoms with Crippen molar-refractivity contribution in [2.75, 3.05) is 7.11 Å². The van der Waals surface area contributed by atoms with Gasteiger partial charge in [0.2, 0.25) is 10.0 Å². The third-order valence-corrected chi connectivity index (χ3v) is 5.46. The molecule has 0 bridgehead atoms. The maximum Gasteiger partial charge on any atom is 0.269 e. The second kappa shape index (κ2) is 7.46. The Morgan fingerprint density at radius 1 is 1.27 bits per heavy atom. The van der Waals surface area contributed by atoms with Gasteiger partial charge < -0.3 is 10.1 Å². The number of aromatic nitrogens is 2. The standard InChI is InChI=1S/C17H22N4O4S/c1-25-15-8-7-11(9-16(15)26(18,23)24)13-10-14(21-20-13)17(22)19-12-5-3-2-4-6-12/h7-10,12H,2-6H2,1H3,(H,19,22)(H,20,21)(H2,18,23,24). The smallest absolute Gasteiger partial charge is 0.269 e. The van der Waals surface area contributed by atoms with Crippen LogP contribution in [-0.2, 0) is 10.0 Å². The molecule has 26 heavy (non-hydrogen) atoms. The summed E-state index contributed by atoms with van der Waals surface area (Å²) in [6.45, 7) is 0. The Labute approximate surface area is 152 Å². The molecule has 1 aromatic carbocycles. The van der Waals surface area contributed by atoms with E-state index in [2.05, 4.69) is 15.5 Å². The molecule has 8 nitrogen and oxygen atoms in total. The second-order valence-corrected chi connectivity index (χ2v) is 7.92. The highest BCUT2D eigenvalue weighted by molar-refractivity contribution is 7.89. The van der Waals surface area contributed by atoms with Gasteiger partial charge in [0.1, 0.15) is 16.3 Å². The number of nitrogens with one attached hydrogen (secondary N) is 2. The molecule has 1 amide bonds. The SMILES string of the molecule is COc1ccc(-c2cc(C(=O)NC3CCCCC3)[nH]n2)cc1S(N)(=O)=O. The molecule has 0 saturated heterocycles. The molecule has 1 aliphatic carbocycles. The number of H-pyrrole nitrogens is 1. The number of primary sulfonamides is 1. The minimum atomic E-state index is -3.95. The van der Waals surface area contributed by atoms with Gasteiger partial charge in [0.05, 0.1) is 12.8 Å². The molecule has 140 valence electrons. The summed E-state index contributed by atoms with van der Waals surface area (Å²) in [5, 5.41) is 15.1. The van der Waals surface area contributed by atoms with Crippen molar-refractivity contribution in [3.05, 3.63) is 30.0 Å². The summed E-state index contributed by atoms with van der Waals surface area (Å²) in [6, 6.07) is 6.33. The van der Waals surface area contributed by atoms with Crippen LogP contribution < -0.4 is 15.2 Å². The molecule has 0 spiro atoms. The molecule has 0 radical (unpaired) electrons. The fourth-order valence-electron chi connectivity index (χ4n) is 3.15. The number of hydrogen-bond donors (Lipinski definition) is 3. The lowest BCUT2D eigenvalue weighted by Gasteiger charge is -2.22. The number of amides is 1. The fraction of sp³-hybridized carbons (Fsp3) is 0.412. The van der Waals surface area contributed by atoms with E-state index in [0.717, 1.165) is 25.7 Å². The van der Waals surface area contributed by atoms with Crippen molar-refractivity contribution in [3.63, 3.8) is 0 Å². The van der Waals surface area contributed by atoms with Gasteiger partial charge in [-0.1, -0.05) is 19.3 Å². The summed E-state index contributed by atoms with van der Waals surface area (Å²) in [7, 11) is -2.58. The predicted octanol–water partition coefficient (Wildman–Crippen LogP) is 1.80. The normalized spacial score (nSPS) is 15.6. The first-order valence-electron chi connectivity index (χ1n) is 8.46. The van der Waals surface area contributed by atoms with Crippen LogP contribution in [0.2, 0.25) is 0 Å². The van der Waals surface area contributed by atoms with E-state index in [1.54, 1.807) is 12.1 Å². The van der Waals surface area contributed by atoms with Crippen LogP contribution in [0.25, 0.3) is 11.3 Å². The molecular formula is C17H22N4O4S. The Balaban J connectivity index is 1.82. The Bertz CT molecular complexity index is 901. The van der Waals surface area contributed by atoms with Crippen LogP contribution in [0.4, 0.5) is 0 Å². The minimum absolute atomic E-state index is 0.131. The molecular weight excluding hydrogens is 356 g/mol. The highest BCUT2D eigenvalue weighted by atomic mass is 32.2. The molecule has 1 heterocycles. The first kappa shape index (κ1) is 18.4. The Hall–Kier alpha value is -2.39. The number of aromatic amines is 1. The molecule has 3 rings (SSSR count). The van der Waals surface area contributed by atoms with Crippen molar-refractivity contribution < 1.29 is 17.9 Å². The van der Waals surface area contributed by atoms with Gasteiger partial charge in [-0.05, 0) is 37.1 Å².